The number of aromatic nitrogens is 2. The van der Waals surface area contributed by atoms with E-state index in [0.29, 0.717) is 29.6 Å². The molecular formula is C18H21ClN4O2S. The van der Waals surface area contributed by atoms with E-state index in [1.54, 1.807) is 30.6 Å². The summed E-state index contributed by atoms with van der Waals surface area (Å²) in [5, 5.41) is 4.35. The second-order valence-corrected chi connectivity index (χ2v) is 7.66. The van der Waals surface area contributed by atoms with Crippen molar-refractivity contribution in [3.63, 3.8) is 0 Å². The van der Waals surface area contributed by atoms with Gasteiger partial charge in [-0.25, -0.2) is 4.98 Å². The Labute approximate surface area is 161 Å². The number of methoxy groups -OCH3 is 1. The number of thiazole rings is 1. The maximum Gasteiger partial charge on any atom is 0.272 e. The summed E-state index contributed by atoms with van der Waals surface area (Å²) in [5.74, 6) is -0.226. The zero-order valence-corrected chi connectivity index (χ0v) is 16.5. The highest BCUT2D eigenvalue weighted by molar-refractivity contribution is 7.18. The van der Waals surface area contributed by atoms with Crippen LogP contribution in [0.3, 0.4) is 0 Å². The number of rotatable bonds is 7. The number of carbonyl (C=O) groups excluding carboxylic acids is 1. The Morgan fingerprint density at radius 1 is 1.42 bits per heavy atom. The lowest BCUT2D eigenvalue weighted by molar-refractivity contribution is 0.102. The fraction of sp³-hybridized carbons (Fsp3) is 0.333. The first kappa shape index (κ1) is 18.8. The molecule has 0 unspecified atom stereocenters. The van der Waals surface area contributed by atoms with Gasteiger partial charge in [0.25, 0.3) is 5.91 Å². The highest BCUT2D eigenvalue weighted by atomic mass is 35.5. The van der Waals surface area contributed by atoms with Crippen molar-refractivity contribution in [2.24, 2.45) is 0 Å². The van der Waals surface area contributed by atoms with E-state index in [4.69, 9.17) is 16.3 Å². The van der Waals surface area contributed by atoms with Crippen molar-refractivity contribution in [3.8, 4) is 0 Å². The van der Waals surface area contributed by atoms with Gasteiger partial charge in [-0.05, 0) is 26.1 Å². The Kier molecular flexibility index (Phi) is 5.93. The predicted molar refractivity (Wildman–Crippen MR) is 106 cm³/mol. The number of amides is 1. The highest BCUT2D eigenvalue weighted by Crippen LogP contribution is 2.30. The van der Waals surface area contributed by atoms with Crippen LogP contribution >= 0.6 is 22.9 Å². The molecule has 0 radical (unpaired) electrons. The highest BCUT2D eigenvalue weighted by Gasteiger charge is 2.22. The number of aromatic amines is 1. The van der Waals surface area contributed by atoms with Gasteiger partial charge in [0.15, 0.2) is 0 Å². The Hall–Kier alpha value is -1.93. The topological polar surface area (TPSA) is 70.2 Å². The molecule has 3 rings (SSSR count). The van der Waals surface area contributed by atoms with Gasteiger partial charge in [0.05, 0.1) is 27.0 Å². The molecule has 0 fully saturated rings. The van der Waals surface area contributed by atoms with E-state index in [1.807, 2.05) is 26.1 Å². The number of benzene rings is 1. The Balaban J connectivity index is 1.91. The van der Waals surface area contributed by atoms with E-state index in [1.165, 1.54) is 0 Å². The van der Waals surface area contributed by atoms with E-state index in [9.17, 15) is 4.79 Å². The number of nitrogens with zero attached hydrogens (tertiary/aromatic N) is 2. The van der Waals surface area contributed by atoms with Crippen LogP contribution in [0.2, 0.25) is 5.02 Å². The molecule has 0 aliphatic carbocycles. The van der Waals surface area contributed by atoms with Gasteiger partial charge in [-0.1, -0.05) is 23.7 Å². The monoisotopic (exact) mass is 392 g/mol. The minimum Gasteiger partial charge on any atom is -0.383 e. The zero-order chi connectivity index (χ0) is 18.7. The fourth-order valence-corrected chi connectivity index (χ4v) is 3.81. The standard InChI is InChI=1S/C18H21ClN4O2S/c1-11-20-17-16(26-11)12(10-23(2)8-9-25-3)15(22-17)18(24)21-14-7-5-4-6-13(14)19/h4-7,22H,8-10H2,1-3H3,(H,21,24). The quantitative estimate of drug-likeness (QED) is 0.639. The second kappa shape index (κ2) is 8.18. The molecule has 0 spiro atoms. The average molecular weight is 393 g/mol. The number of hydrogen-bond donors (Lipinski definition) is 2. The third-order valence-corrected chi connectivity index (χ3v) is 5.37. The van der Waals surface area contributed by atoms with Crippen molar-refractivity contribution in [1.29, 1.82) is 0 Å². The molecule has 26 heavy (non-hydrogen) atoms. The van der Waals surface area contributed by atoms with Crippen molar-refractivity contribution in [2.45, 2.75) is 13.5 Å². The molecule has 1 aromatic carbocycles. The third kappa shape index (κ3) is 4.07. The van der Waals surface area contributed by atoms with Crippen LogP contribution in [0.4, 0.5) is 5.69 Å². The first-order valence-corrected chi connectivity index (χ1v) is 9.40. The van der Waals surface area contributed by atoms with Crippen molar-refractivity contribution >= 4 is 44.9 Å². The van der Waals surface area contributed by atoms with E-state index >= 15 is 0 Å². The summed E-state index contributed by atoms with van der Waals surface area (Å²) in [6.45, 7) is 3.98. The fourth-order valence-electron chi connectivity index (χ4n) is 2.71. The summed E-state index contributed by atoms with van der Waals surface area (Å²) in [7, 11) is 3.68. The molecule has 0 aliphatic heterocycles. The summed E-state index contributed by atoms with van der Waals surface area (Å²) >= 11 is 7.74. The third-order valence-electron chi connectivity index (χ3n) is 4.01. The van der Waals surface area contributed by atoms with Crippen LogP contribution in [0.15, 0.2) is 24.3 Å². The van der Waals surface area contributed by atoms with Crippen LogP contribution in [0.25, 0.3) is 10.3 Å². The normalized spacial score (nSPS) is 11.4. The van der Waals surface area contributed by atoms with Crippen molar-refractivity contribution in [2.75, 3.05) is 32.6 Å². The zero-order valence-electron chi connectivity index (χ0n) is 14.9. The van der Waals surface area contributed by atoms with E-state index in [0.717, 1.165) is 27.5 Å². The smallest absolute Gasteiger partial charge is 0.272 e. The van der Waals surface area contributed by atoms with E-state index in [-0.39, 0.29) is 5.91 Å². The number of hydrogen-bond acceptors (Lipinski definition) is 5. The van der Waals surface area contributed by atoms with Crippen molar-refractivity contribution in [1.82, 2.24) is 14.9 Å². The molecule has 2 aromatic heterocycles. The molecule has 6 nitrogen and oxygen atoms in total. The number of nitrogens with one attached hydrogen (secondary N) is 2. The number of ether oxygens (including phenoxy) is 1. The van der Waals surface area contributed by atoms with Gasteiger partial charge >= 0.3 is 0 Å². The maximum absolute atomic E-state index is 12.9. The van der Waals surface area contributed by atoms with Crippen LogP contribution in [-0.2, 0) is 11.3 Å². The number of aryl methyl sites for hydroxylation is 1. The minimum atomic E-state index is -0.226. The molecular weight excluding hydrogens is 372 g/mol. The first-order valence-electron chi connectivity index (χ1n) is 8.21. The molecule has 0 atom stereocenters. The Morgan fingerprint density at radius 2 is 2.19 bits per heavy atom. The van der Waals surface area contributed by atoms with E-state index < -0.39 is 0 Å². The maximum atomic E-state index is 12.9. The first-order chi connectivity index (χ1) is 12.5. The molecule has 2 N–H and O–H groups in total. The van der Waals surface area contributed by atoms with Gasteiger partial charge in [-0.15, -0.1) is 11.3 Å². The Morgan fingerprint density at radius 3 is 2.92 bits per heavy atom. The van der Waals surface area contributed by atoms with Crippen molar-refractivity contribution in [3.05, 3.63) is 45.6 Å². The van der Waals surface area contributed by atoms with Crippen LogP contribution in [0.5, 0.6) is 0 Å². The van der Waals surface area contributed by atoms with Crippen LogP contribution < -0.4 is 5.32 Å². The number of fused-ring (bicyclic) bond motifs is 1. The molecule has 2 heterocycles. The minimum absolute atomic E-state index is 0.226. The lowest BCUT2D eigenvalue weighted by atomic mass is 10.2. The second-order valence-electron chi connectivity index (χ2n) is 6.05. The van der Waals surface area contributed by atoms with Gasteiger partial charge in [-0.3, -0.25) is 9.69 Å². The van der Waals surface area contributed by atoms with Gasteiger partial charge < -0.3 is 15.0 Å². The molecule has 138 valence electrons. The van der Waals surface area contributed by atoms with Gasteiger partial charge in [0.1, 0.15) is 11.3 Å². The number of anilines is 1. The number of para-hydroxylation sites is 1. The summed E-state index contributed by atoms with van der Waals surface area (Å²) in [6, 6.07) is 7.18. The molecule has 0 saturated carbocycles. The summed E-state index contributed by atoms with van der Waals surface area (Å²) < 4.78 is 6.15. The molecule has 0 bridgehead atoms. The van der Waals surface area contributed by atoms with Crippen LogP contribution in [0, 0.1) is 6.92 Å². The molecule has 1 amide bonds. The largest absolute Gasteiger partial charge is 0.383 e. The van der Waals surface area contributed by atoms with Crippen LogP contribution in [0.1, 0.15) is 21.1 Å². The molecule has 3 aromatic rings. The number of likely N-dealkylation sites (N-methyl/N-ethyl adjacent to an activating group) is 1. The van der Waals surface area contributed by atoms with Gasteiger partial charge in [0.2, 0.25) is 0 Å². The number of carbonyl (C=O) groups is 1. The van der Waals surface area contributed by atoms with E-state index in [2.05, 4.69) is 20.2 Å². The Bertz CT molecular complexity index is 921. The van der Waals surface area contributed by atoms with Crippen LogP contribution in [-0.4, -0.2) is 48.1 Å². The summed E-state index contributed by atoms with van der Waals surface area (Å²) in [6.07, 6.45) is 0. The number of halogens is 1. The molecule has 8 heteroatoms. The van der Waals surface area contributed by atoms with Crippen molar-refractivity contribution < 1.29 is 9.53 Å². The van der Waals surface area contributed by atoms with Gasteiger partial charge in [-0.2, -0.15) is 0 Å². The lowest BCUT2D eigenvalue weighted by Crippen LogP contribution is -2.24. The average Bonchev–Trinajstić information content (AvgIpc) is 3.12. The summed E-state index contributed by atoms with van der Waals surface area (Å²) in [5.41, 5.74) is 2.78. The lowest BCUT2D eigenvalue weighted by Gasteiger charge is -2.16. The SMILES string of the molecule is COCCN(C)Cc1c(C(=O)Nc2ccccc2Cl)[nH]c2nc(C)sc12. The predicted octanol–water partition coefficient (Wildman–Crippen LogP) is 3.92. The summed E-state index contributed by atoms with van der Waals surface area (Å²) in [4.78, 5) is 22.6. The molecule has 0 saturated heterocycles. The number of H-pyrrole nitrogens is 1. The van der Waals surface area contributed by atoms with Gasteiger partial charge in [0, 0.05) is 25.8 Å². The molecule has 0 aliphatic rings.